The van der Waals surface area contributed by atoms with Crippen LogP contribution < -0.4 is 5.73 Å². The van der Waals surface area contributed by atoms with E-state index < -0.39 is 41.4 Å². The van der Waals surface area contributed by atoms with Crippen LogP contribution in [0.5, 0.6) is 0 Å². The first kappa shape index (κ1) is 16.4. The standard InChI is InChI=1S/C9H13NO7S/c1-17-9(16)6(2-5(11)8(14)15)18-3-4(10)7(12)13/h4,6H,2-3,10H2,1H3,(H,12,13)(H,14,15)/t4-,6?/m1/s1. The van der Waals surface area contributed by atoms with Gasteiger partial charge in [0.05, 0.1) is 7.11 Å². The molecule has 0 radical (unpaired) electrons. The van der Waals surface area contributed by atoms with Gasteiger partial charge in [-0.2, -0.15) is 0 Å². The molecule has 4 N–H and O–H groups in total. The summed E-state index contributed by atoms with van der Waals surface area (Å²) >= 11 is 0.772. The molecule has 0 bridgehead atoms. The minimum Gasteiger partial charge on any atom is -0.480 e. The van der Waals surface area contributed by atoms with Gasteiger partial charge in [0.25, 0.3) is 0 Å². The molecule has 0 aliphatic carbocycles. The van der Waals surface area contributed by atoms with Gasteiger partial charge in [-0.25, -0.2) is 4.79 Å². The molecule has 0 saturated carbocycles. The fourth-order valence-corrected chi connectivity index (χ4v) is 1.97. The number of carbonyl (C=O) groups is 4. The Labute approximate surface area is 106 Å². The molecule has 1 unspecified atom stereocenters. The Kier molecular flexibility index (Phi) is 6.98. The molecule has 102 valence electrons. The lowest BCUT2D eigenvalue weighted by molar-refractivity contribution is -0.150. The smallest absolute Gasteiger partial charge is 0.372 e. The fraction of sp³-hybridized carbons (Fsp3) is 0.556. The van der Waals surface area contributed by atoms with Crippen molar-refractivity contribution in [2.45, 2.75) is 17.7 Å². The number of carboxylic acid groups (broad SMARTS) is 2. The van der Waals surface area contributed by atoms with Gasteiger partial charge in [0.2, 0.25) is 5.78 Å². The molecule has 0 fully saturated rings. The number of ketones is 1. The van der Waals surface area contributed by atoms with Gasteiger partial charge >= 0.3 is 17.9 Å². The van der Waals surface area contributed by atoms with Crippen molar-refractivity contribution in [3.63, 3.8) is 0 Å². The second-order valence-electron chi connectivity index (χ2n) is 3.22. The SMILES string of the molecule is COC(=O)C(CC(=O)C(=O)O)SC[C@@H](N)C(=O)O. The third kappa shape index (κ3) is 5.64. The van der Waals surface area contributed by atoms with Crippen LogP contribution in [0.3, 0.4) is 0 Å². The summed E-state index contributed by atoms with van der Waals surface area (Å²) in [4.78, 5) is 43.1. The number of thioether (sulfide) groups is 1. The molecule has 0 aliphatic rings. The topological polar surface area (TPSA) is 144 Å². The maximum atomic E-state index is 11.3. The highest BCUT2D eigenvalue weighted by Gasteiger charge is 2.27. The van der Waals surface area contributed by atoms with Crippen molar-refractivity contribution in [2.24, 2.45) is 5.73 Å². The lowest BCUT2D eigenvalue weighted by atomic mass is 10.2. The first-order chi connectivity index (χ1) is 8.29. The van der Waals surface area contributed by atoms with E-state index in [4.69, 9.17) is 15.9 Å². The van der Waals surface area contributed by atoms with E-state index in [1.165, 1.54) is 0 Å². The Balaban J connectivity index is 4.51. The Bertz CT molecular complexity index is 357. The van der Waals surface area contributed by atoms with Gasteiger partial charge in [-0.3, -0.25) is 14.4 Å². The number of methoxy groups -OCH3 is 1. The highest BCUT2D eigenvalue weighted by atomic mass is 32.2. The van der Waals surface area contributed by atoms with Crippen LogP contribution in [0, 0.1) is 0 Å². The quantitative estimate of drug-likeness (QED) is 0.365. The van der Waals surface area contributed by atoms with E-state index in [1.807, 2.05) is 0 Å². The maximum Gasteiger partial charge on any atom is 0.372 e. The van der Waals surface area contributed by atoms with E-state index in [9.17, 15) is 19.2 Å². The van der Waals surface area contributed by atoms with Gasteiger partial charge in [-0.1, -0.05) is 0 Å². The lowest BCUT2D eigenvalue weighted by Gasteiger charge is -2.14. The molecule has 0 rings (SSSR count). The van der Waals surface area contributed by atoms with E-state index in [1.54, 1.807) is 0 Å². The van der Waals surface area contributed by atoms with Gasteiger partial charge in [0.1, 0.15) is 11.3 Å². The van der Waals surface area contributed by atoms with Crippen LogP contribution in [0.25, 0.3) is 0 Å². The first-order valence-electron chi connectivity index (χ1n) is 4.73. The van der Waals surface area contributed by atoms with Crippen molar-refractivity contribution in [2.75, 3.05) is 12.9 Å². The van der Waals surface area contributed by atoms with Crippen molar-refractivity contribution in [3.05, 3.63) is 0 Å². The molecule has 0 aromatic heterocycles. The third-order valence-corrected chi connectivity index (χ3v) is 3.18. The third-order valence-electron chi connectivity index (χ3n) is 1.87. The summed E-state index contributed by atoms with van der Waals surface area (Å²) in [6.07, 6.45) is -0.570. The van der Waals surface area contributed by atoms with Crippen molar-refractivity contribution >= 4 is 35.5 Å². The predicted molar refractivity (Wildman–Crippen MR) is 61.1 cm³/mol. The zero-order chi connectivity index (χ0) is 14.3. The number of hydrogen-bond donors (Lipinski definition) is 3. The zero-order valence-electron chi connectivity index (χ0n) is 9.49. The minimum atomic E-state index is -1.66. The minimum absolute atomic E-state index is 0.137. The summed E-state index contributed by atoms with van der Waals surface area (Å²) in [5, 5.41) is 15.9. The molecule has 8 nitrogen and oxygen atoms in total. The van der Waals surface area contributed by atoms with Crippen LogP contribution in [0.1, 0.15) is 6.42 Å². The number of ether oxygens (including phenoxy) is 1. The number of rotatable bonds is 8. The fourth-order valence-electron chi connectivity index (χ4n) is 0.889. The normalized spacial score (nSPS) is 13.4. The molecule has 0 aliphatic heterocycles. The van der Waals surface area contributed by atoms with Crippen LogP contribution in [-0.2, 0) is 23.9 Å². The Morgan fingerprint density at radius 3 is 2.22 bits per heavy atom. The van der Waals surface area contributed by atoms with E-state index >= 15 is 0 Å². The average Bonchev–Trinajstić information content (AvgIpc) is 2.32. The lowest BCUT2D eigenvalue weighted by Crippen LogP contribution is -2.35. The molecule has 2 atom stereocenters. The second kappa shape index (κ2) is 7.67. The summed E-state index contributed by atoms with van der Waals surface area (Å²) in [6, 6.07) is -1.21. The van der Waals surface area contributed by atoms with Gasteiger partial charge in [0, 0.05) is 12.2 Å². The summed E-state index contributed by atoms with van der Waals surface area (Å²) in [7, 11) is 1.08. The first-order valence-corrected chi connectivity index (χ1v) is 5.78. The van der Waals surface area contributed by atoms with E-state index in [-0.39, 0.29) is 5.75 Å². The van der Waals surface area contributed by atoms with E-state index in [2.05, 4.69) is 4.74 Å². The number of aliphatic carboxylic acids is 2. The molecule has 0 spiro atoms. The number of nitrogens with two attached hydrogens (primary N) is 1. The predicted octanol–water partition coefficient (Wildman–Crippen LogP) is -1.28. The average molecular weight is 279 g/mol. The number of carboxylic acids is 2. The summed E-state index contributed by atoms with van der Waals surface area (Å²) in [5.74, 6) is -5.00. The molecule has 0 aromatic rings. The van der Waals surface area contributed by atoms with Crippen LogP contribution in [0.4, 0.5) is 0 Å². The van der Waals surface area contributed by atoms with Crippen molar-refractivity contribution in [1.82, 2.24) is 0 Å². The van der Waals surface area contributed by atoms with Crippen molar-refractivity contribution < 1.29 is 34.1 Å². The molecule has 9 heteroatoms. The van der Waals surface area contributed by atoms with E-state index in [0.717, 1.165) is 18.9 Å². The van der Waals surface area contributed by atoms with Gasteiger partial charge in [-0.05, 0) is 0 Å². The largest absolute Gasteiger partial charge is 0.480 e. The number of Topliss-reactive ketones (excluding diaryl/α,β-unsaturated/α-hetero) is 1. The highest BCUT2D eigenvalue weighted by Crippen LogP contribution is 2.17. The van der Waals surface area contributed by atoms with E-state index in [0.29, 0.717) is 0 Å². The Hall–Kier alpha value is -1.61. The Morgan fingerprint density at radius 2 is 1.83 bits per heavy atom. The van der Waals surface area contributed by atoms with Crippen LogP contribution >= 0.6 is 11.8 Å². The maximum absolute atomic E-state index is 11.3. The number of esters is 1. The van der Waals surface area contributed by atoms with Gasteiger partial charge < -0.3 is 20.7 Å². The molecule has 18 heavy (non-hydrogen) atoms. The molecular formula is C9H13NO7S. The molecule has 0 heterocycles. The molecule has 0 amide bonds. The second-order valence-corrected chi connectivity index (χ2v) is 4.46. The summed E-state index contributed by atoms with van der Waals surface area (Å²) in [5.41, 5.74) is 5.22. The highest BCUT2D eigenvalue weighted by molar-refractivity contribution is 8.00. The Morgan fingerprint density at radius 1 is 1.28 bits per heavy atom. The number of hydrogen-bond acceptors (Lipinski definition) is 7. The van der Waals surface area contributed by atoms with Gasteiger partial charge in [0.15, 0.2) is 0 Å². The van der Waals surface area contributed by atoms with Crippen LogP contribution in [-0.4, -0.2) is 58.1 Å². The summed E-state index contributed by atoms with van der Waals surface area (Å²) in [6.45, 7) is 0. The summed E-state index contributed by atoms with van der Waals surface area (Å²) < 4.78 is 4.39. The zero-order valence-corrected chi connectivity index (χ0v) is 10.3. The van der Waals surface area contributed by atoms with Crippen LogP contribution in [0.2, 0.25) is 0 Å². The monoisotopic (exact) mass is 279 g/mol. The molecule has 0 aromatic carbocycles. The van der Waals surface area contributed by atoms with Crippen molar-refractivity contribution in [3.8, 4) is 0 Å². The molecule has 0 saturated heterocycles. The molecular weight excluding hydrogens is 266 g/mol. The number of carbonyl (C=O) groups excluding carboxylic acids is 2. The van der Waals surface area contributed by atoms with Crippen molar-refractivity contribution in [1.29, 1.82) is 0 Å². The van der Waals surface area contributed by atoms with Crippen LogP contribution in [0.15, 0.2) is 0 Å². The van der Waals surface area contributed by atoms with Gasteiger partial charge in [-0.15, -0.1) is 11.8 Å².